The Morgan fingerprint density at radius 2 is 1.91 bits per heavy atom. The molecule has 1 aliphatic heterocycles. The molecule has 3 rings (SSSR count). The summed E-state index contributed by atoms with van der Waals surface area (Å²) < 4.78 is 0. The summed E-state index contributed by atoms with van der Waals surface area (Å²) in [7, 11) is 0. The van der Waals surface area contributed by atoms with E-state index in [9.17, 15) is 9.59 Å². The molecule has 2 heterocycles. The summed E-state index contributed by atoms with van der Waals surface area (Å²) in [6.07, 6.45) is 2.10. The second kappa shape index (κ2) is 6.70. The maximum Gasteiger partial charge on any atom is 0.271 e. The number of amides is 2. The van der Waals surface area contributed by atoms with Crippen molar-refractivity contribution in [2.24, 2.45) is 0 Å². The molecule has 6 heteroatoms. The van der Waals surface area contributed by atoms with Gasteiger partial charge >= 0.3 is 0 Å². The van der Waals surface area contributed by atoms with Crippen LogP contribution >= 0.6 is 11.3 Å². The molecule has 0 spiro atoms. The van der Waals surface area contributed by atoms with Crippen LogP contribution < -0.4 is 5.32 Å². The van der Waals surface area contributed by atoms with E-state index in [0.29, 0.717) is 5.69 Å². The van der Waals surface area contributed by atoms with Gasteiger partial charge in [0, 0.05) is 24.0 Å². The fourth-order valence-electron chi connectivity index (χ4n) is 2.42. The van der Waals surface area contributed by atoms with Gasteiger partial charge in [0.1, 0.15) is 10.7 Å². The van der Waals surface area contributed by atoms with Crippen LogP contribution in [0.25, 0.3) is 10.6 Å². The van der Waals surface area contributed by atoms with E-state index in [1.165, 1.54) is 11.3 Å². The van der Waals surface area contributed by atoms with Crippen molar-refractivity contribution in [3.05, 3.63) is 41.4 Å². The first-order valence-electron chi connectivity index (χ1n) is 7.31. The van der Waals surface area contributed by atoms with E-state index in [1.54, 1.807) is 10.3 Å². The summed E-state index contributed by atoms with van der Waals surface area (Å²) in [5.74, 6) is -0.324. The van der Waals surface area contributed by atoms with Crippen molar-refractivity contribution >= 4 is 23.2 Å². The Balaban J connectivity index is 1.59. The van der Waals surface area contributed by atoms with Crippen molar-refractivity contribution in [1.29, 1.82) is 0 Å². The van der Waals surface area contributed by atoms with E-state index >= 15 is 0 Å². The maximum atomic E-state index is 12.1. The van der Waals surface area contributed by atoms with E-state index in [4.69, 9.17) is 0 Å². The van der Waals surface area contributed by atoms with Gasteiger partial charge in [-0.15, -0.1) is 11.3 Å². The number of hydrogen-bond donors (Lipinski definition) is 1. The predicted octanol–water partition coefficient (Wildman–Crippen LogP) is 2.16. The van der Waals surface area contributed by atoms with Crippen LogP contribution in [0.2, 0.25) is 0 Å². The highest BCUT2D eigenvalue weighted by Gasteiger charge is 2.19. The number of thiazole rings is 1. The van der Waals surface area contributed by atoms with E-state index in [1.807, 2.05) is 30.3 Å². The summed E-state index contributed by atoms with van der Waals surface area (Å²) in [6, 6.07) is 9.72. The second-order valence-corrected chi connectivity index (χ2v) is 6.03. The largest absolute Gasteiger partial charge is 0.342 e. The highest BCUT2D eigenvalue weighted by Crippen LogP contribution is 2.23. The fourth-order valence-corrected chi connectivity index (χ4v) is 3.22. The van der Waals surface area contributed by atoms with Gasteiger partial charge in [-0.25, -0.2) is 4.98 Å². The van der Waals surface area contributed by atoms with Crippen LogP contribution in [0, 0.1) is 0 Å². The van der Waals surface area contributed by atoms with E-state index in [-0.39, 0.29) is 18.4 Å². The fraction of sp³-hybridized carbons (Fsp3) is 0.312. The second-order valence-electron chi connectivity index (χ2n) is 5.17. The van der Waals surface area contributed by atoms with Crippen LogP contribution in [0.5, 0.6) is 0 Å². The lowest BCUT2D eigenvalue weighted by molar-refractivity contribution is -0.129. The van der Waals surface area contributed by atoms with Crippen molar-refractivity contribution in [3.8, 4) is 10.6 Å². The summed E-state index contributed by atoms with van der Waals surface area (Å²) in [4.78, 5) is 30.1. The van der Waals surface area contributed by atoms with Crippen LogP contribution in [0.1, 0.15) is 23.3 Å². The lowest BCUT2D eigenvalue weighted by Crippen LogP contribution is -2.38. The first kappa shape index (κ1) is 14.7. The zero-order valence-electron chi connectivity index (χ0n) is 12.1. The van der Waals surface area contributed by atoms with Crippen molar-refractivity contribution in [2.75, 3.05) is 19.6 Å². The van der Waals surface area contributed by atoms with Gasteiger partial charge in [0.15, 0.2) is 0 Å². The maximum absolute atomic E-state index is 12.1. The molecule has 1 N–H and O–H groups in total. The van der Waals surface area contributed by atoms with Crippen molar-refractivity contribution in [3.63, 3.8) is 0 Å². The third-order valence-corrected chi connectivity index (χ3v) is 4.51. The lowest BCUT2D eigenvalue weighted by atomic mass is 10.2. The van der Waals surface area contributed by atoms with Gasteiger partial charge in [-0.3, -0.25) is 9.59 Å². The summed E-state index contributed by atoms with van der Waals surface area (Å²) in [5, 5.41) is 5.18. The van der Waals surface area contributed by atoms with Crippen molar-refractivity contribution in [2.45, 2.75) is 12.8 Å². The number of nitrogens with one attached hydrogen (secondary N) is 1. The minimum atomic E-state index is -0.300. The molecule has 0 atom stereocenters. The van der Waals surface area contributed by atoms with Crippen LogP contribution in [0.4, 0.5) is 0 Å². The molecule has 5 nitrogen and oxygen atoms in total. The van der Waals surface area contributed by atoms with Gasteiger partial charge in [0.2, 0.25) is 5.91 Å². The van der Waals surface area contributed by atoms with Crippen LogP contribution in [-0.2, 0) is 4.79 Å². The minimum Gasteiger partial charge on any atom is -0.342 e. The molecule has 1 aliphatic rings. The molecule has 1 fully saturated rings. The third kappa shape index (κ3) is 3.33. The quantitative estimate of drug-likeness (QED) is 0.940. The highest BCUT2D eigenvalue weighted by molar-refractivity contribution is 7.13. The molecule has 0 saturated carbocycles. The van der Waals surface area contributed by atoms with Gasteiger partial charge in [-0.05, 0) is 12.8 Å². The summed E-state index contributed by atoms with van der Waals surface area (Å²) in [6.45, 7) is 1.63. The Morgan fingerprint density at radius 1 is 1.18 bits per heavy atom. The van der Waals surface area contributed by atoms with E-state index in [2.05, 4.69) is 10.3 Å². The molecule has 22 heavy (non-hydrogen) atoms. The molecule has 2 amide bonds. The number of carbonyl (C=O) groups is 2. The van der Waals surface area contributed by atoms with Gasteiger partial charge < -0.3 is 10.2 Å². The SMILES string of the molecule is O=C(NCC(=O)N1CCCC1)c1csc(-c2ccccc2)n1. The third-order valence-electron chi connectivity index (χ3n) is 3.62. The van der Waals surface area contributed by atoms with Gasteiger partial charge in [0.25, 0.3) is 5.91 Å². The number of rotatable bonds is 4. The topological polar surface area (TPSA) is 62.3 Å². The molecular weight excluding hydrogens is 298 g/mol. The molecule has 1 saturated heterocycles. The van der Waals surface area contributed by atoms with Crippen LogP contribution in [0.15, 0.2) is 35.7 Å². The zero-order chi connectivity index (χ0) is 15.4. The number of aromatic nitrogens is 1. The Bertz CT molecular complexity index is 663. The lowest BCUT2D eigenvalue weighted by Gasteiger charge is -2.14. The van der Waals surface area contributed by atoms with Gasteiger partial charge in [0.05, 0.1) is 6.54 Å². The van der Waals surface area contributed by atoms with Gasteiger partial charge in [-0.1, -0.05) is 30.3 Å². The van der Waals surface area contributed by atoms with Crippen LogP contribution in [0.3, 0.4) is 0 Å². The minimum absolute atomic E-state index is 0.0237. The Morgan fingerprint density at radius 3 is 2.64 bits per heavy atom. The normalized spacial score (nSPS) is 14.1. The van der Waals surface area contributed by atoms with E-state index in [0.717, 1.165) is 36.5 Å². The molecule has 1 aromatic carbocycles. The van der Waals surface area contributed by atoms with E-state index < -0.39 is 0 Å². The molecule has 2 aromatic rings. The molecule has 0 unspecified atom stereocenters. The van der Waals surface area contributed by atoms with Crippen LogP contribution in [-0.4, -0.2) is 41.3 Å². The number of carbonyl (C=O) groups excluding carboxylic acids is 2. The number of likely N-dealkylation sites (tertiary alicyclic amines) is 1. The molecule has 114 valence electrons. The highest BCUT2D eigenvalue weighted by atomic mass is 32.1. The molecular formula is C16H17N3O2S. The average Bonchev–Trinajstić information content (AvgIpc) is 3.24. The Labute approximate surface area is 133 Å². The van der Waals surface area contributed by atoms with Crippen molar-refractivity contribution in [1.82, 2.24) is 15.2 Å². The molecule has 0 aliphatic carbocycles. The smallest absolute Gasteiger partial charge is 0.271 e. The molecule has 0 radical (unpaired) electrons. The standard InChI is InChI=1S/C16H17N3O2S/c20-14(19-8-4-5-9-19)10-17-15(21)13-11-22-16(18-13)12-6-2-1-3-7-12/h1-3,6-7,11H,4-5,8-10H2,(H,17,21). The first-order valence-corrected chi connectivity index (χ1v) is 8.19. The van der Waals surface area contributed by atoms with Crippen molar-refractivity contribution < 1.29 is 9.59 Å². The Hall–Kier alpha value is -2.21. The molecule has 1 aromatic heterocycles. The summed E-state index contributed by atoms with van der Waals surface area (Å²) in [5.41, 5.74) is 1.35. The zero-order valence-corrected chi connectivity index (χ0v) is 12.9. The number of hydrogen-bond acceptors (Lipinski definition) is 4. The Kier molecular flexibility index (Phi) is 4.48. The average molecular weight is 315 g/mol. The number of benzene rings is 1. The first-order chi connectivity index (χ1) is 10.7. The summed E-state index contributed by atoms with van der Waals surface area (Å²) >= 11 is 1.42. The number of nitrogens with zero attached hydrogens (tertiary/aromatic N) is 2. The molecule has 0 bridgehead atoms. The predicted molar refractivity (Wildman–Crippen MR) is 85.7 cm³/mol. The van der Waals surface area contributed by atoms with Gasteiger partial charge in [-0.2, -0.15) is 0 Å². The monoisotopic (exact) mass is 315 g/mol.